The van der Waals surface area contributed by atoms with Gasteiger partial charge in [-0.25, -0.2) is 9.07 Å². The van der Waals surface area contributed by atoms with Crippen molar-refractivity contribution in [1.82, 2.24) is 14.7 Å². The van der Waals surface area contributed by atoms with E-state index in [1.807, 2.05) is 41.3 Å². The SMILES string of the molecule is COc1ccc(-n2nc(-c3ccccc3F)cc2C(=O)N2CCc3ccccc3C2)cc1. The topological polar surface area (TPSA) is 47.4 Å². The number of carbonyl (C=O) groups is 1. The van der Waals surface area contributed by atoms with E-state index in [1.165, 1.54) is 11.6 Å². The van der Waals surface area contributed by atoms with E-state index in [0.29, 0.717) is 41.5 Å². The Labute approximate surface area is 185 Å². The molecule has 5 nitrogen and oxygen atoms in total. The minimum Gasteiger partial charge on any atom is -0.497 e. The van der Waals surface area contributed by atoms with Gasteiger partial charge in [-0.1, -0.05) is 36.4 Å². The Kier molecular flexibility index (Phi) is 5.19. The van der Waals surface area contributed by atoms with E-state index in [1.54, 1.807) is 36.1 Å². The molecule has 0 aliphatic carbocycles. The molecule has 1 aliphatic rings. The first-order chi connectivity index (χ1) is 15.6. The molecule has 0 unspecified atom stereocenters. The van der Waals surface area contributed by atoms with Gasteiger partial charge in [0.2, 0.25) is 0 Å². The molecule has 0 fully saturated rings. The lowest BCUT2D eigenvalue weighted by Gasteiger charge is -2.29. The Balaban J connectivity index is 1.57. The highest BCUT2D eigenvalue weighted by Crippen LogP contribution is 2.27. The molecule has 0 saturated carbocycles. The first kappa shape index (κ1) is 20.0. The van der Waals surface area contributed by atoms with E-state index in [9.17, 15) is 9.18 Å². The Morgan fingerprint density at radius 2 is 1.69 bits per heavy atom. The van der Waals surface area contributed by atoms with Crippen molar-refractivity contribution in [2.45, 2.75) is 13.0 Å². The summed E-state index contributed by atoms with van der Waals surface area (Å²) in [5.74, 6) is 0.193. The Morgan fingerprint density at radius 3 is 2.44 bits per heavy atom. The van der Waals surface area contributed by atoms with Crippen molar-refractivity contribution >= 4 is 5.91 Å². The quantitative estimate of drug-likeness (QED) is 0.466. The fourth-order valence-electron chi connectivity index (χ4n) is 4.09. The van der Waals surface area contributed by atoms with Crippen LogP contribution in [0.2, 0.25) is 0 Å². The first-order valence-corrected chi connectivity index (χ1v) is 10.5. The zero-order valence-electron chi connectivity index (χ0n) is 17.7. The predicted octanol–water partition coefficient (Wildman–Crippen LogP) is 4.89. The second-order valence-electron chi connectivity index (χ2n) is 7.75. The highest BCUT2D eigenvalue weighted by Gasteiger charge is 2.26. The van der Waals surface area contributed by atoms with Gasteiger partial charge in [0.15, 0.2) is 0 Å². The monoisotopic (exact) mass is 427 g/mol. The summed E-state index contributed by atoms with van der Waals surface area (Å²) in [6.07, 6.45) is 0.804. The van der Waals surface area contributed by atoms with Crippen molar-refractivity contribution in [1.29, 1.82) is 0 Å². The molecule has 0 spiro atoms. The number of methoxy groups -OCH3 is 1. The van der Waals surface area contributed by atoms with Crippen LogP contribution in [0, 0.1) is 5.82 Å². The normalized spacial score (nSPS) is 13.0. The van der Waals surface area contributed by atoms with Crippen molar-refractivity contribution in [3.05, 3.63) is 102 Å². The summed E-state index contributed by atoms with van der Waals surface area (Å²) in [4.78, 5) is 15.4. The molecule has 0 radical (unpaired) electrons. The number of aromatic nitrogens is 2. The minimum absolute atomic E-state index is 0.134. The number of halogens is 1. The minimum atomic E-state index is -0.377. The Hall–Kier alpha value is -3.93. The van der Waals surface area contributed by atoms with Gasteiger partial charge in [0.25, 0.3) is 5.91 Å². The van der Waals surface area contributed by atoms with Crippen LogP contribution in [0.15, 0.2) is 78.9 Å². The molecule has 6 heteroatoms. The fraction of sp³-hybridized carbons (Fsp3) is 0.154. The summed E-state index contributed by atoms with van der Waals surface area (Å²) in [5.41, 5.74) is 4.30. The second-order valence-corrected chi connectivity index (χ2v) is 7.75. The van der Waals surface area contributed by atoms with E-state index >= 15 is 0 Å². The maximum absolute atomic E-state index is 14.5. The van der Waals surface area contributed by atoms with E-state index in [0.717, 1.165) is 12.0 Å². The van der Waals surface area contributed by atoms with Crippen LogP contribution in [0.1, 0.15) is 21.6 Å². The summed E-state index contributed by atoms with van der Waals surface area (Å²) >= 11 is 0. The van der Waals surface area contributed by atoms with Gasteiger partial charge in [-0.3, -0.25) is 4.79 Å². The van der Waals surface area contributed by atoms with Crippen molar-refractivity contribution < 1.29 is 13.9 Å². The third kappa shape index (κ3) is 3.64. The Morgan fingerprint density at radius 1 is 0.969 bits per heavy atom. The third-order valence-corrected chi connectivity index (χ3v) is 5.81. The van der Waals surface area contributed by atoms with Gasteiger partial charge in [-0.15, -0.1) is 0 Å². The van der Waals surface area contributed by atoms with E-state index < -0.39 is 0 Å². The number of amides is 1. The molecule has 0 N–H and O–H groups in total. The molecule has 0 atom stereocenters. The molecule has 1 amide bonds. The maximum atomic E-state index is 14.5. The highest BCUT2D eigenvalue weighted by atomic mass is 19.1. The van der Waals surface area contributed by atoms with Crippen LogP contribution >= 0.6 is 0 Å². The van der Waals surface area contributed by atoms with Gasteiger partial charge in [0, 0.05) is 18.7 Å². The molecule has 0 saturated heterocycles. The van der Waals surface area contributed by atoms with Crippen LogP contribution in [-0.2, 0) is 13.0 Å². The number of ether oxygens (including phenoxy) is 1. The standard InChI is InChI=1S/C26H22FN3O2/c1-32-21-12-10-20(11-13-21)30-25(16-24(28-30)22-8-4-5-9-23(22)27)26(31)29-15-14-18-6-2-3-7-19(18)17-29/h2-13,16H,14-15,17H2,1H3. The van der Waals surface area contributed by atoms with Gasteiger partial charge in [-0.05, 0) is 60.0 Å². The van der Waals surface area contributed by atoms with Gasteiger partial charge < -0.3 is 9.64 Å². The van der Waals surface area contributed by atoms with Crippen LogP contribution in [0.4, 0.5) is 4.39 Å². The van der Waals surface area contributed by atoms with E-state index in [4.69, 9.17) is 4.74 Å². The number of hydrogen-bond donors (Lipinski definition) is 0. The maximum Gasteiger partial charge on any atom is 0.272 e. The molecule has 2 heterocycles. The lowest BCUT2D eigenvalue weighted by atomic mass is 9.99. The van der Waals surface area contributed by atoms with Crippen LogP contribution in [0.5, 0.6) is 5.75 Å². The van der Waals surface area contributed by atoms with Crippen molar-refractivity contribution in [2.24, 2.45) is 0 Å². The molecule has 0 bridgehead atoms. The first-order valence-electron chi connectivity index (χ1n) is 10.5. The molecular formula is C26H22FN3O2. The summed E-state index contributed by atoms with van der Waals surface area (Å²) in [5, 5.41) is 4.62. The fourth-order valence-corrected chi connectivity index (χ4v) is 4.09. The zero-order valence-corrected chi connectivity index (χ0v) is 17.7. The largest absolute Gasteiger partial charge is 0.497 e. The number of hydrogen-bond acceptors (Lipinski definition) is 3. The van der Waals surface area contributed by atoms with Crippen molar-refractivity contribution in [3.8, 4) is 22.7 Å². The lowest BCUT2D eigenvalue weighted by Crippen LogP contribution is -2.37. The van der Waals surface area contributed by atoms with Crippen molar-refractivity contribution in [2.75, 3.05) is 13.7 Å². The van der Waals surface area contributed by atoms with E-state index in [2.05, 4.69) is 17.2 Å². The second kappa shape index (κ2) is 8.30. The number of nitrogens with zero attached hydrogens (tertiary/aromatic N) is 3. The van der Waals surface area contributed by atoms with E-state index in [-0.39, 0.29) is 11.7 Å². The Bertz CT molecular complexity index is 1280. The summed E-state index contributed by atoms with van der Waals surface area (Å²) in [6.45, 7) is 1.16. The summed E-state index contributed by atoms with van der Waals surface area (Å²) in [6, 6.07) is 23.6. The van der Waals surface area contributed by atoms with Crippen LogP contribution < -0.4 is 4.74 Å². The number of fused-ring (bicyclic) bond motifs is 1. The van der Waals surface area contributed by atoms with Gasteiger partial charge >= 0.3 is 0 Å². The lowest BCUT2D eigenvalue weighted by molar-refractivity contribution is 0.0725. The van der Waals surface area contributed by atoms with Crippen LogP contribution in [0.3, 0.4) is 0 Å². The smallest absolute Gasteiger partial charge is 0.272 e. The van der Waals surface area contributed by atoms with Gasteiger partial charge in [0.1, 0.15) is 17.3 Å². The predicted molar refractivity (Wildman–Crippen MR) is 120 cm³/mol. The highest BCUT2D eigenvalue weighted by molar-refractivity contribution is 5.94. The number of rotatable bonds is 4. The van der Waals surface area contributed by atoms with Crippen LogP contribution in [0.25, 0.3) is 16.9 Å². The van der Waals surface area contributed by atoms with Gasteiger partial charge in [-0.2, -0.15) is 5.10 Å². The third-order valence-electron chi connectivity index (χ3n) is 5.81. The van der Waals surface area contributed by atoms with Gasteiger partial charge in [0.05, 0.1) is 18.5 Å². The molecule has 1 aromatic heterocycles. The average Bonchev–Trinajstić information content (AvgIpc) is 3.29. The molecule has 1 aliphatic heterocycles. The molecule has 4 aromatic rings. The summed E-state index contributed by atoms with van der Waals surface area (Å²) in [7, 11) is 1.60. The molecular weight excluding hydrogens is 405 g/mol. The van der Waals surface area contributed by atoms with Crippen LogP contribution in [-0.4, -0.2) is 34.2 Å². The number of carbonyl (C=O) groups excluding carboxylic acids is 1. The van der Waals surface area contributed by atoms with Crippen molar-refractivity contribution in [3.63, 3.8) is 0 Å². The summed E-state index contributed by atoms with van der Waals surface area (Å²) < 4.78 is 21.3. The average molecular weight is 427 g/mol. The molecule has 160 valence electrons. The molecule has 3 aromatic carbocycles. The number of benzene rings is 3. The molecule has 5 rings (SSSR count). The molecule has 32 heavy (non-hydrogen) atoms. The zero-order chi connectivity index (χ0) is 22.1.